The van der Waals surface area contributed by atoms with Crippen molar-refractivity contribution in [3.63, 3.8) is 0 Å². The maximum Gasteiger partial charge on any atom is 0.237 e. The summed E-state index contributed by atoms with van der Waals surface area (Å²) < 4.78 is 11.3. The van der Waals surface area contributed by atoms with Gasteiger partial charge in [-0.15, -0.1) is 0 Å². The van der Waals surface area contributed by atoms with Crippen LogP contribution in [-0.2, 0) is 11.2 Å². The molecule has 0 radical (unpaired) electrons. The summed E-state index contributed by atoms with van der Waals surface area (Å²) in [6.07, 6.45) is 1.37. The molecule has 1 amide bonds. The smallest absolute Gasteiger partial charge is 0.237 e. The second kappa shape index (κ2) is 13.2. The molecule has 1 heterocycles. The second-order valence-electron chi connectivity index (χ2n) is 9.22. The number of methoxy groups -OCH3 is 2. The van der Waals surface area contributed by atoms with Crippen molar-refractivity contribution in [2.45, 2.75) is 43.9 Å². The minimum absolute atomic E-state index is 0.118. The number of pyridine rings is 1. The third-order valence-corrected chi connectivity index (χ3v) is 8.12. The summed E-state index contributed by atoms with van der Waals surface area (Å²) in [6.45, 7) is 6.04. The van der Waals surface area contributed by atoms with Gasteiger partial charge in [0, 0.05) is 22.4 Å². The van der Waals surface area contributed by atoms with Crippen LogP contribution < -0.4 is 14.8 Å². The normalized spacial score (nSPS) is 11.4. The van der Waals surface area contributed by atoms with Gasteiger partial charge in [-0.3, -0.25) is 4.79 Å². The maximum atomic E-state index is 13.6. The van der Waals surface area contributed by atoms with Gasteiger partial charge in [0.2, 0.25) is 5.91 Å². The molecular weight excluding hydrogens is 518 g/mol. The van der Waals surface area contributed by atoms with Gasteiger partial charge in [0.1, 0.15) is 11.1 Å². The van der Waals surface area contributed by atoms with Crippen molar-refractivity contribution in [1.29, 1.82) is 5.26 Å². The molecular formula is C33H33N3O3S. The SMILES string of the molecule is CCc1cccc(C)c1NC(=O)C(CC)Sc1nc(-c2ccccc2)cc(-c2cccc(OC)c2OC)c1C#N. The van der Waals surface area contributed by atoms with Gasteiger partial charge in [0.25, 0.3) is 0 Å². The van der Waals surface area contributed by atoms with Gasteiger partial charge in [-0.25, -0.2) is 4.98 Å². The minimum atomic E-state index is -0.463. The lowest BCUT2D eigenvalue weighted by atomic mass is 9.98. The Balaban J connectivity index is 1.83. The topological polar surface area (TPSA) is 84.2 Å². The maximum absolute atomic E-state index is 13.6. The number of ether oxygens (including phenoxy) is 2. The van der Waals surface area contributed by atoms with E-state index in [9.17, 15) is 10.1 Å². The lowest BCUT2D eigenvalue weighted by molar-refractivity contribution is -0.115. The molecule has 0 aliphatic rings. The molecule has 0 saturated carbocycles. The molecule has 6 nitrogen and oxygen atoms in total. The summed E-state index contributed by atoms with van der Waals surface area (Å²) >= 11 is 1.31. The average molecular weight is 552 g/mol. The number of thioether (sulfide) groups is 1. The van der Waals surface area contributed by atoms with Crippen LogP contribution in [0.4, 0.5) is 5.69 Å². The van der Waals surface area contributed by atoms with Gasteiger partial charge < -0.3 is 14.8 Å². The lowest BCUT2D eigenvalue weighted by Gasteiger charge is -2.20. The molecule has 1 atom stereocenters. The zero-order valence-corrected chi connectivity index (χ0v) is 24.3. The van der Waals surface area contributed by atoms with E-state index in [1.54, 1.807) is 14.2 Å². The largest absolute Gasteiger partial charge is 0.493 e. The van der Waals surface area contributed by atoms with Crippen LogP contribution in [0.3, 0.4) is 0 Å². The van der Waals surface area contributed by atoms with Crippen LogP contribution >= 0.6 is 11.8 Å². The molecule has 0 spiro atoms. The molecule has 0 aliphatic carbocycles. The number of hydrogen-bond donors (Lipinski definition) is 1. The fraction of sp³-hybridized carbons (Fsp3) is 0.242. The number of hydrogen-bond acceptors (Lipinski definition) is 6. The van der Waals surface area contributed by atoms with E-state index in [2.05, 4.69) is 18.3 Å². The molecule has 0 bridgehead atoms. The quantitative estimate of drug-likeness (QED) is 0.204. The predicted octanol–water partition coefficient (Wildman–Crippen LogP) is 7.68. The third kappa shape index (κ3) is 5.98. The molecule has 1 unspecified atom stereocenters. The number of nitrogens with zero attached hydrogens (tertiary/aromatic N) is 2. The Morgan fingerprint density at radius 3 is 2.40 bits per heavy atom. The van der Waals surface area contributed by atoms with E-state index in [1.165, 1.54) is 11.8 Å². The second-order valence-corrected chi connectivity index (χ2v) is 10.4. The Kier molecular flexibility index (Phi) is 9.47. The number of rotatable bonds is 10. The highest BCUT2D eigenvalue weighted by Crippen LogP contribution is 2.43. The Morgan fingerprint density at radius 2 is 1.75 bits per heavy atom. The van der Waals surface area contributed by atoms with Crippen LogP contribution in [0.1, 0.15) is 37.0 Å². The Hall–Kier alpha value is -4.28. The van der Waals surface area contributed by atoms with E-state index in [0.717, 1.165) is 28.8 Å². The Morgan fingerprint density at radius 1 is 1.00 bits per heavy atom. The van der Waals surface area contributed by atoms with Crippen LogP contribution in [0.25, 0.3) is 22.4 Å². The number of anilines is 1. The third-order valence-electron chi connectivity index (χ3n) is 6.77. The first kappa shape index (κ1) is 28.7. The Labute approximate surface area is 240 Å². The zero-order valence-electron chi connectivity index (χ0n) is 23.4. The summed E-state index contributed by atoms with van der Waals surface area (Å²) in [7, 11) is 3.16. The van der Waals surface area contributed by atoms with E-state index in [0.29, 0.717) is 45.3 Å². The van der Waals surface area contributed by atoms with Crippen molar-refractivity contribution in [2.24, 2.45) is 0 Å². The van der Waals surface area contributed by atoms with Crippen molar-refractivity contribution in [3.05, 3.63) is 89.5 Å². The van der Waals surface area contributed by atoms with E-state index in [-0.39, 0.29) is 5.91 Å². The molecule has 4 rings (SSSR count). The number of amides is 1. The molecule has 40 heavy (non-hydrogen) atoms. The number of aromatic nitrogens is 1. The van der Waals surface area contributed by atoms with Crippen LogP contribution in [-0.4, -0.2) is 30.4 Å². The van der Waals surface area contributed by atoms with Crippen molar-refractivity contribution in [2.75, 3.05) is 19.5 Å². The summed E-state index contributed by atoms with van der Waals surface area (Å²) in [5.74, 6) is 0.971. The number of aryl methyl sites for hydroxylation is 2. The number of nitrogens with one attached hydrogen (secondary N) is 1. The summed E-state index contributed by atoms with van der Waals surface area (Å²) in [6, 6.07) is 25.7. The van der Waals surface area contributed by atoms with Crippen LogP contribution in [0.5, 0.6) is 11.5 Å². The van der Waals surface area contributed by atoms with E-state index in [1.807, 2.05) is 86.6 Å². The fourth-order valence-electron chi connectivity index (χ4n) is 4.65. The average Bonchev–Trinajstić information content (AvgIpc) is 3.00. The first-order valence-corrected chi connectivity index (χ1v) is 14.1. The number of nitriles is 1. The fourth-order valence-corrected chi connectivity index (χ4v) is 5.67. The molecule has 1 aromatic heterocycles. The molecule has 0 fully saturated rings. The number of carbonyl (C=O) groups excluding carboxylic acids is 1. The van der Waals surface area contributed by atoms with E-state index >= 15 is 0 Å². The van der Waals surface area contributed by atoms with Crippen LogP contribution in [0, 0.1) is 18.3 Å². The van der Waals surface area contributed by atoms with Gasteiger partial charge in [-0.05, 0) is 43.0 Å². The van der Waals surface area contributed by atoms with Crippen molar-refractivity contribution in [1.82, 2.24) is 4.98 Å². The van der Waals surface area contributed by atoms with Crippen molar-refractivity contribution in [3.8, 4) is 40.0 Å². The number of carbonyl (C=O) groups is 1. The predicted molar refractivity (Wildman–Crippen MR) is 162 cm³/mol. The summed E-state index contributed by atoms with van der Waals surface area (Å²) in [5, 5.41) is 13.6. The van der Waals surface area contributed by atoms with Crippen molar-refractivity contribution >= 4 is 23.4 Å². The highest BCUT2D eigenvalue weighted by atomic mass is 32.2. The molecule has 3 aromatic carbocycles. The number of benzene rings is 3. The Bertz CT molecular complexity index is 1550. The molecule has 1 N–H and O–H groups in total. The lowest BCUT2D eigenvalue weighted by Crippen LogP contribution is -2.26. The van der Waals surface area contributed by atoms with Crippen molar-refractivity contribution < 1.29 is 14.3 Å². The first-order valence-electron chi connectivity index (χ1n) is 13.2. The van der Waals surface area contributed by atoms with Gasteiger partial charge in [0.15, 0.2) is 11.5 Å². The van der Waals surface area contributed by atoms with E-state index < -0.39 is 5.25 Å². The molecule has 0 saturated heterocycles. The first-order chi connectivity index (χ1) is 19.4. The minimum Gasteiger partial charge on any atom is -0.493 e. The monoisotopic (exact) mass is 551 g/mol. The van der Waals surface area contributed by atoms with Crippen LogP contribution in [0.15, 0.2) is 77.8 Å². The highest BCUT2D eigenvalue weighted by Gasteiger charge is 2.25. The molecule has 7 heteroatoms. The van der Waals surface area contributed by atoms with Gasteiger partial charge in [-0.1, -0.05) is 86.3 Å². The van der Waals surface area contributed by atoms with Crippen LogP contribution in [0.2, 0.25) is 0 Å². The van der Waals surface area contributed by atoms with Gasteiger partial charge in [0.05, 0.1) is 30.7 Å². The number of para-hydroxylation sites is 2. The van der Waals surface area contributed by atoms with E-state index in [4.69, 9.17) is 14.5 Å². The highest BCUT2D eigenvalue weighted by molar-refractivity contribution is 8.00. The molecule has 0 aliphatic heterocycles. The zero-order chi connectivity index (χ0) is 28.6. The summed E-state index contributed by atoms with van der Waals surface area (Å²) in [4.78, 5) is 18.5. The van der Waals surface area contributed by atoms with Gasteiger partial charge in [-0.2, -0.15) is 5.26 Å². The van der Waals surface area contributed by atoms with Gasteiger partial charge >= 0.3 is 0 Å². The summed E-state index contributed by atoms with van der Waals surface area (Å²) in [5.41, 5.74) is 6.31. The standard InChI is InChI=1S/C33H33N3O3S/c1-6-22-16-11-13-21(3)30(22)36-32(37)29(7-2)40-33-26(20-34)25(19-27(35-33)23-14-9-8-10-15-23)24-17-12-18-28(38-4)31(24)39-5/h8-19,29H,6-7H2,1-5H3,(H,36,37). The molecule has 204 valence electrons. The molecule has 4 aromatic rings.